The SMILES string of the molecule is CC(C)(C)OC(=O)N[C@H]1CCCCC/C=C/[C@@H]2C[C@@]2(C(=O)NS(=O)(=O)C2CC2)NC(=O)[C@@H]2C[C@@H](OC(=O)N3Cc4cccc(F)c4C3)CN2C1=O. The molecule has 0 radical (unpaired) electrons. The molecule has 3 aliphatic heterocycles. The van der Waals surface area contributed by atoms with Gasteiger partial charge in [-0.2, -0.15) is 0 Å². The summed E-state index contributed by atoms with van der Waals surface area (Å²) < 4.78 is 53.3. The third-order valence-corrected chi connectivity index (χ3v) is 11.8. The highest BCUT2D eigenvalue weighted by atomic mass is 32.2. The van der Waals surface area contributed by atoms with Crippen LogP contribution < -0.4 is 15.4 Å². The molecule has 2 saturated carbocycles. The Bertz CT molecular complexity index is 1730. The van der Waals surface area contributed by atoms with Gasteiger partial charge in [0.1, 0.15) is 35.1 Å². The van der Waals surface area contributed by atoms with Crippen LogP contribution in [0.3, 0.4) is 0 Å². The molecular formula is C35H46FN5O9S. The summed E-state index contributed by atoms with van der Waals surface area (Å²) >= 11 is 0. The maximum absolute atomic E-state index is 14.4. The predicted octanol–water partition coefficient (Wildman–Crippen LogP) is 3.14. The van der Waals surface area contributed by atoms with E-state index < -0.39 is 86.2 Å². The van der Waals surface area contributed by atoms with Gasteiger partial charge in [0.05, 0.1) is 18.3 Å². The van der Waals surface area contributed by atoms with Gasteiger partial charge in [-0.3, -0.25) is 24.0 Å². The Labute approximate surface area is 296 Å². The number of rotatable bonds is 5. The lowest BCUT2D eigenvalue weighted by Gasteiger charge is -2.30. The number of amides is 5. The summed E-state index contributed by atoms with van der Waals surface area (Å²) in [4.78, 5) is 70.8. The minimum absolute atomic E-state index is 0.00168. The van der Waals surface area contributed by atoms with Gasteiger partial charge in [-0.1, -0.05) is 37.1 Å². The number of sulfonamides is 1. The Balaban J connectivity index is 1.25. The lowest BCUT2D eigenvalue weighted by Crippen LogP contribution is -2.58. The van der Waals surface area contributed by atoms with Crippen LogP contribution in [0, 0.1) is 11.7 Å². The van der Waals surface area contributed by atoms with E-state index in [9.17, 15) is 36.8 Å². The van der Waals surface area contributed by atoms with Crippen molar-refractivity contribution in [3.05, 3.63) is 47.3 Å². The van der Waals surface area contributed by atoms with Crippen LogP contribution in [-0.4, -0.2) is 89.2 Å². The van der Waals surface area contributed by atoms with Gasteiger partial charge in [0.25, 0.3) is 5.91 Å². The van der Waals surface area contributed by atoms with E-state index in [-0.39, 0.29) is 38.9 Å². The van der Waals surface area contributed by atoms with Gasteiger partial charge in [0, 0.05) is 24.4 Å². The van der Waals surface area contributed by atoms with Crippen LogP contribution in [0.5, 0.6) is 0 Å². The number of alkyl carbamates (subject to hydrolysis) is 1. The van der Waals surface area contributed by atoms with E-state index in [4.69, 9.17) is 9.47 Å². The number of fused-ring (bicyclic) bond motifs is 3. The number of ether oxygens (including phenoxy) is 2. The molecule has 0 aromatic heterocycles. The Kier molecular flexibility index (Phi) is 10.1. The van der Waals surface area contributed by atoms with Crippen molar-refractivity contribution in [2.24, 2.45) is 5.92 Å². The molecule has 0 bridgehead atoms. The molecule has 1 saturated heterocycles. The van der Waals surface area contributed by atoms with Gasteiger partial charge in [-0.15, -0.1) is 0 Å². The van der Waals surface area contributed by atoms with Crippen LogP contribution in [-0.2, 0) is 47.0 Å². The van der Waals surface area contributed by atoms with Gasteiger partial charge >= 0.3 is 12.2 Å². The van der Waals surface area contributed by atoms with Gasteiger partial charge in [-0.05, 0) is 70.9 Å². The van der Waals surface area contributed by atoms with Crippen molar-refractivity contribution >= 4 is 39.9 Å². The van der Waals surface area contributed by atoms with Gasteiger partial charge < -0.3 is 25.0 Å². The van der Waals surface area contributed by atoms with E-state index in [1.807, 2.05) is 12.2 Å². The van der Waals surface area contributed by atoms with Crippen LogP contribution in [0.2, 0.25) is 0 Å². The van der Waals surface area contributed by atoms with Gasteiger partial charge in [-0.25, -0.2) is 22.4 Å². The number of benzene rings is 1. The van der Waals surface area contributed by atoms with Gasteiger partial charge in [0.15, 0.2) is 0 Å². The predicted molar refractivity (Wildman–Crippen MR) is 180 cm³/mol. The summed E-state index contributed by atoms with van der Waals surface area (Å²) in [6.07, 6.45) is 5.10. The highest BCUT2D eigenvalue weighted by Crippen LogP contribution is 2.46. The summed E-state index contributed by atoms with van der Waals surface area (Å²) in [6, 6.07) is 2.30. The van der Waals surface area contributed by atoms with E-state index >= 15 is 0 Å². The van der Waals surface area contributed by atoms with Crippen molar-refractivity contribution in [1.82, 2.24) is 25.2 Å². The number of allylic oxidation sites excluding steroid dienone is 1. The first-order valence-electron chi connectivity index (χ1n) is 17.6. The normalized spacial score (nSPS) is 28.9. The third-order valence-electron chi connectivity index (χ3n) is 9.99. The highest BCUT2D eigenvalue weighted by Gasteiger charge is 2.62. The van der Waals surface area contributed by atoms with E-state index in [0.29, 0.717) is 36.8 Å². The average molecular weight is 732 g/mol. The molecule has 5 amide bonds. The van der Waals surface area contributed by atoms with Crippen LogP contribution in [0.1, 0.15) is 89.7 Å². The lowest BCUT2D eigenvalue weighted by atomic mass is 10.0. The number of hydrogen-bond donors (Lipinski definition) is 3. The fraction of sp³-hybridized carbons (Fsp3) is 0.629. The monoisotopic (exact) mass is 731 g/mol. The summed E-state index contributed by atoms with van der Waals surface area (Å²) in [5.41, 5.74) is -1.36. The topological polar surface area (TPSA) is 181 Å². The number of nitrogens with zero attached hydrogens (tertiary/aromatic N) is 2. The highest BCUT2D eigenvalue weighted by molar-refractivity contribution is 7.91. The summed E-state index contributed by atoms with van der Waals surface area (Å²) in [6.45, 7) is 5.01. The fourth-order valence-electron chi connectivity index (χ4n) is 7.02. The Morgan fingerprint density at radius 1 is 1.06 bits per heavy atom. The van der Waals surface area contributed by atoms with Crippen LogP contribution in [0.4, 0.5) is 14.0 Å². The Morgan fingerprint density at radius 3 is 2.53 bits per heavy atom. The van der Waals surface area contributed by atoms with Crippen LogP contribution >= 0.6 is 0 Å². The van der Waals surface area contributed by atoms with Crippen molar-refractivity contribution < 1.29 is 46.3 Å². The average Bonchev–Trinajstić information content (AvgIpc) is 3.93. The minimum Gasteiger partial charge on any atom is -0.444 e. The fourth-order valence-corrected chi connectivity index (χ4v) is 8.39. The molecule has 278 valence electrons. The molecule has 0 unspecified atom stereocenters. The quantitative estimate of drug-likeness (QED) is 0.384. The number of hydrogen-bond acceptors (Lipinski definition) is 9. The van der Waals surface area contributed by atoms with Crippen molar-refractivity contribution in [3.63, 3.8) is 0 Å². The molecule has 3 heterocycles. The maximum atomic E-state index is 14.4. The van der Waals surface area contributed by atoms with E-state index in [1.165, 1.54) is 15.9 Å². The van der Waals surface area contributed by atoms with Crippen molar-refractivity contribution in [3.8, 4) is 0 Å². The number of carbonyl (C=O) groups excluding carboxylic acids is 5. The van der Waals surface area contributed by atoms with Crippen molar-refractivity contribution in [2.45, 2.75) is 126 Å². The second-order valence-electron chi connectivity index (χ2n) is 15.2. The molecule has 51 heavy (non-hydrogen) atoms. The molecule has 6 rings (SSSR count). The first-order chi connectivity index (χ1) is 24.1. The first kappa shape index (κ1) is 36.6. The number of carbonyl (C=O) groups is 5. The summed E-state index contributed by atoms with van der Waals surface area (Å²) in [5.74, 6) is -3.06. The third kappa shape index (κ3) is 8.31. The molecule has 14 nitrogen and oxygen atoms in total. The largest absolute Gasteiger partial charge is 0.444 e. The smallest absolute Gasteiger partial charge is 0.410 e. The standard InChI is InChI=1S/C35H46FN5O9S/c1-34(2,3)50-32(45)37-27-13-8-6-4-5-7-11-22-17-35(22,31(44)39-51(47,48)24-14-15-24)38-29(42)28-16-23(19-41(28)30(27)43)49-33(46)40-18-21-10-9-12-26(36)25(21)20-40/h7,9-12,22-24,27-28H,4-6,8,13-20H2,1-3H3,(H,37,45)(H,38,42)(H,39,44)/b11-7+/t22-,23-,27+,28+,35-/m1/s1. The van der Waals surface area contributed by atoms with E-state index in [0.717, 1.165) is 12.8 Å². The van der Waals surface area contributed by atoms with Gasteiger partial charge in [0.2, 0.25) is 21.8 Å². The lowest BCUT2D eigenvalue weighted by molar-refractivity contribution is -0.141. The minimum atomic E-state index is -3.92. The Hall–Kier alpha value is -4.21. The molecule has 0 spiro atoms. The Morgan fingerprint density at radius 2 is 1.82 bits per heavy atom. The van der Waals surface area contributed by atoms with Crippen LogP contribution in [0.25, 0.3) is 0 Å². The zero-order valence-electron chi connectivity index (χ0n) is 29.1. The van der Waals surface area contributed by atoms with E-state index in [1.54, 1.807) is 32.9 Å². The molecule has 3 fully saturated rings. The molecule has 5 atom stereocenters. The van der Waals surface area contributed by atoms with Crippen molar-refractivity contribution in [1.29, 1.82) is 0 Å². The zero-order chi connectivity index (χ0) is 36.7. The van der Waals surface area contributed by atoms with Crippen LogP contribution in [0.15, 0.2) is 30.4 Å². The molecule has 16 heteroatoms. The van der Waals surface area contributed by atoms with E-state index in [2.05, 4.69) is 15.4 Å². The molecule has 1 aromatic rings. The molecule has 5 aliphatic rings. The molecule has 3 N–H and O–H groups in total. The molecular weight excluding hydrogens is 685 g/mol. The second kappa shape index (κ2) is 14.1. The zero-order valence-corrected chi connectivity index (χ0v) is 29.9. The molecule has 2 aliphatic carbocycles. The summed E-state index contributed by atoms with van der Waals surface area (Å²) in [5, 5.41) is 4.79. The maximum Gasteiger partial charge on any atom is 0.410 e. The first-order valence-corrected chi connectivity index (χ1v) is 19.2. The number of nitrogens with one attached hydrogen (secondary N) is 3. The summed E-state index contributed by atoms with van der Waals surface area (Å²) in [7, 11) is -3.92. The second-order valence-corrected chi connectivity index (χ2v) is 17.2. The van der Waals surface area contributed by atoms with Crippen molar-refractivity contribution in [2.75, 3.05) is 6.54 Å². The number of halogens is 1. The molecule has 1 aromatic carbocycles.